The Morgan fingerprint density at radius 1 is 1.04 bits per heavy atom. The first-order valence-electron chi connectivity index (χ1n) is 16.5. The summed E-state index contributed by atoms with van der Waals surface area (Å²) in [6.45, 7) is 7.71. The molecule has 3 amide bonds. The number of anilines is 1. The standard InChI is InChI=1S/C33H41F6N3O2.C2H6/c1-3-5-10-25(26(9-4-2)33(37,38)39)29(30(43)40-24-15-17-32(35,36)18-16-24)42(31(44)41-19-7-6-8-20-41)28-14-13-23(21-27(28)34)22-11-12-22;1-2/h4-5,9-10,13-14,21-22,24,29H,3,6-8,11-12,15-20H2,1-2H3,(H,40,43);1-2H3/b9-4-,10-5+,26-25-;. The van der Waals surface area contributed by atoms with Crippen molar-refractivity contribution in [2.24, 2.45) is 0 Å². The molecule has 2 aliphatic carbocycles. The normalized spacial score (nSPS) is 20.2. The predicted molar refractivity (Wildman–Crippen MR) is 169 cm³/mol. The van der Waals surface area contributed by atoms with Crippen LogP contribution in [0.2, 0.25) is 0 Å². The molecule has 46 heavy (non-hydrogen) atoms. The van der Waals surface area contributed by atoms with Crippen molar-refractivity contribution in [3.63, 3.8) is 0 Å². The summed E-state index contributed by atoms with van der Waals surface area (Å²) in [6, 6.07) is 0.810. The van der Waals surface area contributed by atoms with Gasteiger partial charge < -0.3 is 10.2 Å². The van der Waals surface area contributed by atoms with E-state index in [0.29, 0.717) is 37.9 Å². The molecule has 0 bridgehead atoms. The Hall–Kier alpha value is -3.24. The van der Waals surface area contributed by atoms with E-state index in [0.717, 1.165) is 36.3 Å². The lowest BCUT2D eigenvalue weighted by Gasteiger charge is -2.39. The third-order valence-corrected chi connectivity index (χ3v) is 8.46. The van der Waals surface area contributed by atoms with Crippen molar-refractivity contribution in [3.8, 4) is 0 Å². The van der Waals surface area contributed by atoms with Gasteiger partial charge >= 0.3 is 12.2 Å². The van der Waals surface area contributed by atoms with Crippen LogP contribution in [0.25, 0.3) is 0 Å². The number of nitrogens with one attached hydrogen (secondary N) is 1. The van der Waals surface area contributed by atoms with Crippen LogP contribution in [0, 0.1) is 5.82 Å². The zero-order valence-corrected chi connectivity index (χ0v) is 27.2. The fourth-order valence-corrected chi connectivity index (χ4v) is 5.94. The molecule has 1 aliphatic heterocycles. The predicted octanol–water partition coefficient (Wildman–Crippen LogP) is 9.61. The Kier molecular flexibility index (Phi) is 13.4. The molecule has 5 nitrogen and oxygen atoms in total. The molecule has 2 saturated carbocycles. The largest absolute Gasteiger partial charge is 0.416 e. The van der Waals surface area contributed by atoms with Crippen molar-refractivity contribution in [1.82, 2.24) is 10.2 Å². The zero-order chi connectivity index (χ0) is 34.1. The lowest BCUT2D eigenvalue weighted by atomic mass is 9.91. The second-order valence-corrected chi connectivity index (χ2v) is 11.9. The van der Waals surface area contributed by atoms with Crippen LogP contribution >= 0.6 is 0 Å². The third-order valence-electron chi connectivity index (χ3n) is 8.46. The summed E-state index contributed by atoms with van der Waals surface area (Å²) >= 11 is 0. The first-order chi connectivity index (χ1) is 21.9. The van der Waals surface area contributed by atoms with Crippen LogP contribution in [0.15, 0.2) is 53.6 Å². The van der Waals surface area contributed by atoms with Crippen LogP contribution in [0.4, 0.5) is 36.8 Å². The molecule has 0 spiro atoms. The van der Waals surface area contributed by atoms with Crippen LogP contribution in [-0.4, -0.2) is 54.1 Å². The van der Waals surface area contributed by atoms with Crippen LogP contribution in [-0.2, 0) is 4.79 Å². The topological polar surface area (TPSA) is 52.7 Å². The van der Waals surface area contributed by atoms with E-state index in [1.165, 1.54) is 36.1 Å². The van der Waals surface area contributed by atoms with Gasteiger partial charge in [0.25, 0.3) is 0 Å². The van der Waals surface area contributed by atoms with E-state index in [1.54, 1.807) is 13.0 Å². The molecular weight excluding hydrogens is 608 g/mol. The molecule has 0 aromatic heterocycles. The second-order valence-electron chi connectivity index (χ2n) is 11.9. The minimum absolute atomic E-state index is 0.0825. The summed E-state index contributed by atoms with van der Waals surface area (Å²) in [4.78, 5) is 30.8. The zero-order valence-electron chi connectivity index (χ0n) is 27.2. The van der Waals surface area contributed by atoms with E-state index in [-0.39, 0.29) is 24.4 Å². The van der Waals surface area contributed by atoms with Crippen LogP contribution in [0.3, 0.4) is 0 Å². The Bertz CT molecular complexity index is 1270. The number of urea groups is 1. The number of alkyl halides is 5. The maximum Gasteiger partial charge on any atom is 0.416 e. The number of allylic oxidation sites excluding steroid dienone is 4. The SMILES string of the molecule is CC.C\C=C/C(=C(\C=C\CC)C(C(=O)NC1CCC(F)(F)CC1)N(C(=O)N1CCCCC1)c1ccc(C2CC2)cc1F)C(F)(F)F. The van der Waals surface area contributed by atoms with Crippen LogP contribution in [0.1, 0.15) is 103 Å². The molecule has 1 aromatic carbocycles. The van der Waals surface area contributed by atoms with Crippen LogP contribution < -0.4 is 10.2 Å². The smallest absolute Gasteiger partial charge is 0.351 e. The van der Waals surface area contributed by atoms with Gasteiger partial charge in [0, 0.05) is 32.0 Å². The van der Waals surface area contributed by atoms with E-state index in [2.05, 4.69) is 5.32 Å². The summed E-state index contributed by atoms with van der Waals surface area (Å²) in [5, 5.41) is 2.66. The highest BCUT2D eigenvalue weighted by molar-refractivity contribution is 6.02. The van der Waals surface area contributed by atoms with Crippen molar-refractivity contribution in [2.45, 2.75) is 122 Å². The van der Waals surface area contributed by atoms with Gasteiger partial charge in [-0.2, -0.15) is 13.2 Å². The molecule has 3 aliphatic rings. The second kappa shape index (κ2) is 16.5. The highest BCUT2D eigenvalue weighted by Gasteiger charge is 2.44. The van der Waals surface area contributed by atoms with Gasteiger partial charge in [0.15, 0.2) is 0 Å². The average Bonchev–Trinajstić information content (AvgIpc) is 3.88. The summed E-state index contributed by atoms with van der Waals surface area (Å²) < 4.78 is 87.8. The summed E-state index contributed by atoms with van der Waals surface area (Å²) in [5.41, 5.74) is -1.30. The van der Waals surface area contributed by atoms with E-state index in [9.17, 15) is 31.5 Å². The summed E-state index contributed by atoms with van der Waals surface area (Å²) in [6.07, 6.45) is 2.80. The number of piperidine rings is 1. The molecular formula is C35H47F6N3O2. The van der Waals surface area contributed by atoms with Crippen molar-refractivity contribution in [2.75, 3.05) is 18.0 Å². The first kappa shape index (κ1) is 37.2. The van der Waals surface area contributed by atoms with Gasteiger partial charge in [-0.3, -0.25) is 9.69 Å². The number of benzene rings is 1. The number of hydrogen-bond acceptors (Lipinski definition) is 2. The molecule has 1 aromatic rings. The number of carbonyl (C=O) groups is 2. The number of likely N-dealkylation sites (tertiary alicyclic amines) is 1. The highest BCUT2D eigenvalue weighted by Crippen LogP contribution is 2.42. The lowest BCUT2D eigenvalue weighted by molar-refractivity contribution is -0.123. The molecule has 1 N–H and O–H groups in total. The van der Waals surface area contributed by atoms with Gasteiger partial charge in [0.05, 0.1) is 11.3 Å². The molecule has 3 fully saturated rings. The fraction of sp³-hybridized carbons (Fsp3) is 0.600. The number of carbonyl (C=O) groups excluding carboxylic acids is 2. The Morgan fingerprint density at radius 2 is 1.67 bits per heavy atom. The fourth-order valence-electron chi connectivity index (χ4n) is 5.94. The Balaban J connectivity index is 0.00000282. The van der Waals surface area contributed by atoms with Gasteiger partial charge in [-0.15, -0.1) is 0 Å². The Morgan fingerprint density at radius 3 is 2.20 bits per heavy atom. The molecule has 11 heteroatoms. The minimum atomic E-state index is -4.93. The number of hydrogen-bond donors (Lipinski definition) is 1. The van der Waals surface area contributed by atoms with Crippen molar-refractivity contribution in [3.05, 3.63) is 65.0 Å². The van der Waals surface area contributed by atoms with Crippen LogP contribution in [0.5, 0.6) is 0 Å². The highest BCUT2D eigenvalue weighted by atomic mass is 19.4. The maximum absolute atomic E-state index is 16.0. The number of amides is 3. The van der Waals surface area contributed by atoms with Gasteiger partial charge in [0.2, 0.25) is 11.8 Å². The van der Waals surface area contributed by atoms with Crippen molar-refractivity contribution in [1.29, 1.82) is 0 Å². The lowest BCUT2D eigenvalue weighted by Crippen LogP contribution is -2.57. The van der Waals surface area contributed by atoms with Crippen molar-refractivity contribution < 1.29 is 35.9 Å². The maximum atomic E-state index is 16.0. The van der Waals surface area contributed by atoms with Gasteiger partial charge in [-0.1, -0.05) is 51.1 Å². The van der Waals surface area contributed by atoms with Gasteiger partial charge in [-0.25, -0.2) is 18.0 Å². The van der Waals surface area contributed by atoms with Crippen molar-refractivity contribution >= 4 is 17.6 Å². The van der Waals surface area contributed by atoms with E-state index in [4.69, 9.17) is 0 Å². The average molecular weight is 656 g/mol. The quantitative estimate of drug-likeness (QED) is 0.213. The minimum Gasteiger partial charge on any atom is -0.351 e. The van der Waals surface area contributed by atoms with E-state index in [1.807, 2.05) is 13.8 Å². The third kappa shape index (κ3) is 9.64. The Labute approximate surface area is 268 Å². The molecule has 1 saturated heterocycles. The van der Waals surface area contributed by atoms with E-state index < -0.39 is 65.9 Å². The monoisotopic (exact) mass is 655 g/mol. The summed E-state index contributed by atoms with van der Waals surface area (Å²) in [5.74, 6) is -4.54. The number of nitrogens with zero attached hydrogens (tertiary/aromatic N) is 2. The number of halogens is 6. The van der Waals surface area contributed by atoms with E-state index >= 15 is 4.39 Å². The van der Waals surface area contributed by atoms with Gasteiger partial charge in [0.1, 0.15) is 11.9 Å². The number of rotatable bonds is 9. The summed E-state index contributed by atoms with van der Waals surface area (Å²) in [7, 11) is 0. The molecule has 1 unspecified atom stereocenters. The molecule has 0 radical (unpaired) electrons. The van der Waals surface area contributed by atoms with Gasteiger partial charge in [-0.05, 0) is 87.5 Å². The molecule has 256 valence electrons. The molecule has 1 heterocycles. The first-order valence-corrected chi connectivity index (χ1v) is 16.5. The molecule has 1 atom stereocenters. The molecule has 4 rings (SSSR count).